The lowest BCUT2D eigenvalue weighted by Crippen LogP contribution is -1.93. The number of aromatic amines is 1. The van der Waals surface area contributed by atoms with Gasteiger partial charge < -0.3 is 9.72 Å². The summed E-state index contributed by atoms with van der Waals surface area (Å²) in [5, 5.41) is 11.2. The molecule has 0 aliphatic heterocycles. The maximum absolute atomic E-state index is 10.7. The molecule has 0 aliphatic carbocycles. The molecule has 2 aromatic heterocycles. The molecule has 6 nitrogen and oxygen atoms in total. The first kappa shape index (κ1) is 8.49. The Bertz CT molecular complexity index is 492. The topological polar surface area (TPSA) is 81.0 Å². The van der Waals surface area contributed by atoms with Crippen molar-refractivity contribution < 1.29 is 9.66 Å². The molecule has 0 amide bonds. The van der Waals surface area contributed by atoms with Crippen molar-refractivity contribution in [2.45, 2.75) is 0 Å². The fourth-order valence-corrected chi connectivity index (χ4v) is 1.25. The van der Waals surface area contributed by atoms with E-state index in [2.05, 4.69) is 9.97 Å². The van der Waals surface area contributed by atoms with Crippen molar-refractivity contribution in [1.29, 1.82) is 0 Å². The molecule has 0 bridgehead atoms. The Morgan fingerprint density at radius 2 is 2.43 bits per heavy atom. The van der Waals surface area contributed by atoms with Gasteiger partial charge in [-0.2, -0.15) is 4.98 Å². The lowest BCUT2D eigenvalue weighted by Gasteiger charge is -1.98. The van der Waals surface area contributed by atoms with Gasteiger partial charge in [-0.1, -0.05) is 0 Å². The zero-order valence-electron chi connectivity index (χ0n) is 7.35. The van der Waals surface area contributed by atoms with E-state index in [0.29, 0.717) is 11.0 Å². The zero-order chi connectivity index (χ0) is 10.1. The summed E-state index contributed by atoms with van der Waals surface area (Å²) in [6, 6.07) is 2.91. The number of nitro groups is 1. The van der Waals surface area contributed by atoms with E-state index in [9.17, 15) is 10.1 Å². The van der Waals surface area contributed by atoms with Crippen LogP contribution in [0.15, 0.2) is 18.3 Å². The number of rotatable bonds is 2. The highest BCUT2D eigenvalue weighted by Crippen LogP contribution is 2.26. The third kappa shape index (κ3) is 1.17. The molecule has 0 aromatic carbocycles. The molecular weight excluding hydrogens is 186 g/mol. The van der Waals surface area contributed by atoms with Crippen LogP contribution in [0.1, 0.15) is 0 Å². The van der Waals surface area contributed by atoms with Gasteiger partial charge in [0.1, 0.15) is 5.65 Å². The summed E-state index contributed by atoms with van der Waals surface area (Å²) in [5.41, 5.74) is 0.448. The standard InChI is InChI=1S/C8H7N3O3/c1-14-7-4-6(11(12)13)5-2-3-9-8(5)10-7/h2-4H,1H3,(H,9,10). The summed E-state index contributed by atoms with van der Waals surface area (Å²) in [4.78, 5) is 17.0. The minimum absolute atomic E-state index is 0.00639. The van der Waals surface area contributed by atoms with Crippen LogP contribution in [-0.2, 0) is 0 Å². The van der Waals surface area contributed by atoms with Gasteiger partial charge in [-0.15, -0.1) is 0 Å². The number of pyridine rings is 1. The first-order valence-corrected chi connectivity index (χ1v) is 3.89. The van der Waals surface area contributed by atoms with Crippen molar-refractivity contribution in [3.63, 3.8) is 0 Å². The van der Waals surface area contributed by atoms with Gasteiger partial charge in [-0.05, 0) is 6.07 Å². The third-order valence-electron chi connectivity index (χ3n) is 1.89. The van der Waals surface area contributed by atoms with Crippen molar-refractivity contribution in [2.24, 2.45) is 0 Å². The number of ether oxygens (including phenoxy) is 1. The van der Waals surface area contributed by atoms with Crippen molar-refractivity contribution in [1.82, 2.24) is 9.97 Å². The molecule has 2 aromatic rings. The highest BCUT2D eigenvalue weighted by Gasteiger charge is 2.15. The molecule has 0 unspecified atom stereocenters. The van der Waals surface area contributed by atoms with Crippen molar-refractivity contribution >= 4 is 16.7 Å². The minimum atomic E-state index is -0.458. The fraction of sp³-hybridized carbons (Fsp3) is 0.125. The molecule has 14 heavy (non-hydrogen) atoms. The second-order valence-corrected chi connectivity index (χ2v) is 2.68. The smallest absolute Gasteiger partial charge is 0.285 e. The molecule has 0 saturated carbocycles. The Labute approximate surface area is 78.7 Å². The van der Waals surface area contributed by atoms with Gasteiger partial charge in [0, 0.05) is 6.20 Å². The number of aromatic nitrogens is 2. The van der Waals surface area contributed by atoms with E-state index >= 15 is 0 Å². The molecular formula is C8H7N3O3. The van der Waals surface area contributed by atoms with Crippen LogP contribution in [-0.4, -0.2) is 22.0 Å². The molecule has 0 fully saturated rings. The second-order valence-electron chi connectivity index (χ2n) is 2.68. The molecule has 2 heterocycles. The van der Waals surface area contributed by atoms with Gasteiger partial charge in [-0.3, -0.25) is 10.1 Å². The first-order chi connectivity index (χ1) is 6.72. The summed E-state index contributed by atoms with van der Waals surface area (Å²) in [6.07, 6.45) is 1.60. The van der Waals surface area contributed by atoms with Gasteiger partial charge in [0.05, 0.1) is 23.5 Å². The van der Waals surface area contributed by atoms with Crippen molar-refractivity contribution in [3.8, 4) is 5.88 Å². The average molecular weight is 193 g/mol. The number of methoxy groups -OCH3 is 1. The van der Waals surface area contributed by atoms with Gasteiger partial charge in [0.25, 0.3) is 5.69 Å². The number of nitrogens with one attached hydrogen (secondary N) is 1. The average Bonchev–Trinajstić information content (AvgIpc) is 2.63. The van der Waals surface area contributed by atoms with Crippen LogP contribution in [0.25, 0.3) is 11.0 Å². The van der Waals surface area contributed by atoms with Crippen molar-refractivity contribution in [3.05, 3.63) is 28.4 Å². The quantitative estimate of drug-likeness (QED) is 0.578. The number of fused-ring (bicyclic) bond motifs is 1. The van der Waals surface area contributed by atoms with Crippen LogP contribution in [0, 0.1) is 10.1 Å². The van der Waals surface area contributed by atoms with Crippen LogP contribution in [0.4, 0.5) is 5.69 Å². The van der Waals surface area contributed by atoms with Crippen molar-refractivity contribution in [2.75, 3.05) is 7.11 Å². The first-order valence-electron chi connectivity index (χ1n) is 3.89. The monoisotopic (exact) mass is 193 g/mol. The van der Waals surface area contributed by atoms with E-state index < -0.39 is 4.92 Å². The van der Waals surface area contributed by atoms with E-state index in [1.807, 2.05) is 0 Å². The molecule has 0 radical (unpaired) electrons. The Hall–Kier alpha value is -2.11. The SMILES string of the molecule is COc1cc([N+](=O)[O-])c2cc[nH]c2n1. The largest absolute Gasteiger partial charge is 0.481 e. The molecule has 0 saturated heterocycles. The highest BCUT2D eigenvalue weighted by molar-refractivity contribution is 5.86. The maximum atomic E-state index is 10.7. The highest BCUT2D eigenvalue weighted by atomic mass is 16.6. The number of hydrogen-bond acceptors (Lipinski definition) is 4. The summed E-state index contributed by atoms with van der Waals surface area (Å²) in [5.74, 6) is 0.228. The van der Waals surface area contributed by atoms with E-state index in [-0.39, 0.29) is 11.6 Å². The second kappa shape index (κ2) is 2.99. The molecule has 72 valence electrons. The number of hydrogen-bond donors (Lipinski definition) is 1. The third-order valence-corrected chi connectivity index (χ3v) is 1.89. The summed E-state index contributed by atoms with van der Waals surface area (Å²) >= 11 is 0. The summed E-state index contributed by atoms with van der Waals surface area (Å²) in [7, 11) is 1.42. The lowest BCUT2D eigenvalue weighted by atomic mass is 10.3. The lowest BCUT2D eigenvalue weighted by molar-refractivity contribution is -0.383. The normalized spacial score (nSPS) is 10.4. The number of nitrogens with zero attached hydrogens (tertiary/aromatic N) is 2. The van der Waals surface area contributed by atoms with Crippen LogP contribution < -0.4 is 4.74 Å². The molecule has 0 aliphatic rings. The van der Waals surface area contributed by atoms with E-state index in [4.69, 9.17) is 4.74 Å². The Morgan fingerprint density at radius 3 is 3.07 bits per heavy atom. The molecule has 6 heteroatoms. The molecule has 2 rings (SSSR count). The van der Waals surface area contributed by atoms with Crippen LogP contribution in [0.3, 0.4) is 0 Å². The minimum Gasteiger partial charge on any atom is -0.481 e. The zero-order valence-corrected chi connectivity index (χ0v) is 7.35. The summed E-state index contributed by atoms with van der Waals surface area (Å²) < 4.78 is 4.85. The van der Waals surface area contributed by atoms with E-state index in [0.717, 1.165) is 0 Å². The van der Waals surface area contributed by atoms with Crippen LogP contribution in [0.2, 0.25) is 0 Å². The number of H-pyrrole nitrogens is 1. The summed E-state index contributed by atoms with van der Waals surface area (Å²) in [6.45, 7) is 0. The van der Waals surface area contributed by atoms with E-state index in [1.165, 1.54) is 13.2 Å². The van der Waals surface area contributed by atoms with Gasteiger partial charge >= 0.3 is 0 Å². The van der Waals surface area contributed by atoms with Gasteiger partial charge in [0.2, 0.25) is 5.88 Å². The Balaban J connectivity index is 2.76. The Morgan fingerprint density at radius 1 is 1.64 bits per heavy atom. The van der Waals surface area contributed by atoms with Crippen LogP contribution >= 0.6 is 0 Å². The fourth-order valence-electron chi connectivity index (χ4n) is 1.25. The van der Waals surface area contributed by atoms with Gasteiger partial charge in [0.15, 0.2) is 0 Å². The van der Waals surface area contributed by atoms with Crippen LogP contribution in [0.5, 0.6) is 5.88 Å². The molecule has 0 atom stereocenters. The Kier molecular flexibility index (Phi) is 1.81. The maximum Gasteiger partial charge on any atom is 0.285 e. The molecule has 1 N–H and O–H groups in total. The predicted molar refractivity (Wildman–Crippen MR) is 49.3 cm³/mol. The van der Waals surface area contributed by atoms with Gasteiger partial charge in [-0.25, -0.2) is 0 Å². The van der Waals surface area contributed by atoms with E-state index in [1.54, 1.807) is 12.3 Å². The molecule has 0 spiro atoms. The predicted octanol–water partition coefficient (Wildman–Crippen LogP) is 1.48.